The van der Waals surface area contributed by atoms with Gasteiger partial charge in [-0.2, -0.15) is 13.2 Å². The molecule has 1 rings (SSSR count). The average molecular weight is 297 g/mol. The highest BCUT2D eigenvalue weighted by Crippen LogP contribution is 2.22. The number of amides is 1. The van der Waals surface area contributed by atoms with Crippen LogP contribution in [0.3, 0.4) is 0 Å². The van der Waals surface area contributed by atoms with Gasteiger partial charge in [0, 0.05) is 6.20 Å². The zero-order valence-corrected chi connectivity index (χ0v) is 10.00. The van der Waals surface area contributed by atoms with Crippen molar-refractivity contribution in [1.82, 2.24) is 10.3 Å². The van der Waals surface area contributed by atoms with E-state index in [1.807, 2.05) is 0 Å². The van der Waals surface area contributed by atoms with Crippen LogP contribution in [0.5, 0.6) is 0 Å². The average Bonchev–Trinajstić information content (AvgIpc) is 2.26. The summed E-state index contributed by atoms with van der Waals surface area (Å²) in [6.45, 7) is 0. The molecule has 1 heterocycles. The predicted molar refractivity (Wildman–Crippen MR) is 58.4 cm³/mol. The van der Waals surface area contributed by atoms with Crippen LogP contribution < -0.4 is 5.32 Å². The number of rotatable bonds is 4. The molecule has 0 aliphatic heterocycles. The molecule has 1 aromatic heterocycles. The van der Waals surface area contributed by atoms with Gasteiger partial charge in [-0.25, -0.2) is 4.98 Å². The monoisotopic (exact) mass is 296 g/mol. The first-order valence-electron chi connectivity index (χ1n) is 4.91. The Labute approximate surface area is 110 Å². The smallest absolute Gasteiger partial charge is 0.471 e. The fraction of sp³-hybridized carbons (Fsp3) is 0.300. The van der Waals surface area contributed by atoms with Crippen LogP contribution in [0.1, 0.15) is 18.0 Å². The molecule has 0 saturated carbocycles. The van der Waals surface area contributed by atoms with Gasteiger partial charge in [-0.15, -0.1) is 0 Å². The van der Waals surface area contributed by atoms with Crippen LogP contribution in [0.4, 0.5) is 13.2 Å². The van der Waals surface area contributed by atoms with Crippen molar-refractivity contribution in [3.8, 4) is 0 Å². The molecule has 19 heavy (non-hydrogen) atoms. The third-order valence-corrected chi connectivity index (χ3v) is 2.30. The molecule has 9 heteroatoms. The predicted octanol–water partition coefficient (Wildman–Crippen LogP) is 1.93. The summed E-state index contributed by atoms with van der Waals surface area (Å²) in [5, 5.41) is 10.2. The number of aromatic nitrogens is 1. The topological polar surface area (TPSA) is 79.3 Å². The van der Waals surface area contributed by atoms with Crippen molar-refractivity contribution < 1.29 is 27.9 Å². The quantitative estimate of drug-likeness (QED) is 0.832. The van der Waals surface area contributed by atoms with Crippen molar-refractivity contribution >= 4 is 23.5 Å². The third kappa shape index (κ3) is 4.74. The maximum atomic E-state index is 12.1. The van der Waals surface area contributed by atoms with Crippen LogP contribution in [0, 0.1) is 0 Å². The summed E-state index contributed by atoms with van der Waals surface area (Å²) in [4.78, 5) is 25.1. The SMILES string of the molecule is O=C(O)C[C@H](NC(=O)C(F)(F)F)c1ccnc(Cl)c1. The molecule has 5 nitrogen and oxygen atoms in total. The molecule has 0 unspecified atom stereocenters. The van der Waals surface area contributed by atoms with E-state index in [0.29, 0.717) is 0 Å². The number of alkyl halides is 3. The van der Waals surface area contributed by atoms with E-state index >= 15 is 0 Å². The van der Waals surface area contributed by atoms with E-state index in [2.05, 4.69) is 4.98 Å². The van der Waals surface area contributed by atoms with Crippen LogP contribution >= 0.6 is 11.6 Å². The molecule has 0 saturated heterocycles. The minimum absolute atomic E-state index is 0.0193. The first kappa shape index (κ1) is 15.2. The van der Waals surface area contributed by atoms with E-state index in [1.165, 1.54) is 18.3 Å². The summed E-state index contributed by atoms with van der Waals surface area (Å²) >= 11 is 5.56. The van der Waals surface area contributed by atoms with Gasteiger partial charge < -0.3 is 10.4 Å². The first-order valence-corrected chi connectivity index (χ1v) is 5.29. The Balaban J connectivity index is 2.96. The van der Waals surface area contributed by atoms with Gasteiger partial charge in [-0.1, -0.05) is 11.6 Å². The number of nitrogens with zero attached hydrogens (tertiary/aromatic N) is 1. The molecular formula is C10H8ClF3N2O3. The molecule has 0 aliphatic rings. The summed E-state index contributed by atoms with van der Waals surface area (Å²) in [5.41, 5.74) is 0.125. The molecule has 0 fully saturated rings. The summed E-state index contributed by atoms with van der Waals surface area (Å²) in [5.74, 6) is -3.58. The number of carboxylic acids is 1. The molecule has 1 atom stereocenters. The highest BCUT2D eigenvalue weighted by Gasteiger charge is 2.40. The molecule has 1 amide bonds. The van der Waals surface area contributed by atoms with Crippen molar-refractivity contribution in [3.05, 3.63) is 29.0 Å². The van der Waals surface area contributed by atoms with Crippen LogP contribution in [-0.4, -0.2) is 28.1 Å². The van der Waals surface area contributed by atoms with Crippen LogP contribution in [0.25, 0.3) is 0 Å². The second kappa shape index (κ2) is 5.87. The van der Waals surface area contributed by atoms with Crippen LogP contribution in [0.15, 0.2) is 18.3 Å². The van der Waals surface area contributed by atoms with Crippen LogP contribution in [-0.2, 0) is 9.59 Å². The Bertz CT molecular complexity index is 493. The summed E-state index contributed by atoms with van der Waals surface area (Å²) < 4.78 is 36.4. The van der Waals surface area contributed by atoms with Gasteiger partial charge >= 0.3 is 18.1 Å². The van der Waals surface area contributed by atoms with E-state index in [4.69, 9.17) is 16.7 Å². The lowest BCUT2D eigenvalue weighted by atomic mass is 10.1. The Kier molecular flexibility index (Phi) is 4.71. The molecule has 0 aromatic carbocycles. The minimum Gasteiger partial charge on any atom is -0.481 e. The van der Waals surface area contributed by atoms with E-state index in [0.717, 1.165) is 0 Å². The third-order valence-electron chi connectivity index (χ3n) is 2.09. The number of halogens is 4. The Morgan fingerprint density at radius 1 is 1.47 bits per heavy atom. The number of hydrogen-bond acceptors (Lipinski definition) is 3. The summed E-state index contributed by atoms with van der Waals surface area (Å²) in [6, 6.07) is 1.12. The largest absolute Gasteiger partial charge is 0.481 e. The number of carboxylic acid groups (broad SMARTS) is 1. The molecule has 1 aromatic rings. The maximum Gasteiger partial charge on any atom is 0.471 e. The number of nitrogens with one attached hydrogen (secondary N) is 1. The van der Waals surface area contributed by atoms with E-state index < -0.39 is 30.5 Å². The van der Waals surface area contributed by atoms with Gasteiger partial charge in [-0.05, 0) is 17.7 Å². The highest BCUT2D eigenvalue weighted by molar-refractivity contribution is 6.29. The standard InChI is InChI=1S/C10H8ClF3N2O3/c11-7-3-5(1-2-15-7)6(4-8(17)18)16-9(19)10(12,13)14/h1-3,6H,4H2,(H,16,19)(H,17,18)/t6-/m0/s1. The second-order valence-corrected chi connectivity index (χ2v) is 3.92. The number of carbonyl (C=O) groups is 2. The summed E-state index contributed by atoms with van der Waals surface area (Å²) in [6.07, 6.45) is -4.60. The number of aliphatic carboxylic acids is 1. The lowest BCUT2D eigenvalue weighted by Crippen LogP contribution is -2.39. The fourth-order valence-corrected chi connectivity index (χ4v) is 1.48. The van der Waals surface area contributed by atoms with Gasteiger partial charge in [0.15, 0.2) is 0 Å². The maximum absolute atomic E-state index is 12.1. The van der Waals surface area contributed by atoms with Gasteiger partial charge in [0.2, 0.25) is 0 Å². The van der Waals surface area contributed by atoms with Gasteiger partial charge in [0.25, 0.3) is 0 Å². The number of pyridine rings is 1. The second-order valence-electron chi connectivity index (χ2n) is 3.53. The minimum atomic E-state index is -5.09. The normalized spacial score (nSPS) is 12.8. The van der Waals surface area contributed by atoms with Gasteiger partial charge in [0.05, 0.1) is 12.5 Å². The van der Waals surface area contributed by atoms with Crippen LogP contribution in [0.2, 0.25) is 5.15 Å². The molecule has 2 N–H and O–H groups in total. The van der Waals surface area contributed by atoms with Crippen molar-refractivity contribution in [1.29, 1.82) is 0 Å². The Morgan fingerprint density at radius 3 is 2.58 bits per heavy atom. The molecule has 0 aliphatic carbocycles. The Morgan fingerprint density at radius 2 is 2.11 bits per heavy atom. The molecular weight excluding hydrogens is 289 g/mol. The zero-order chi connectivity index (χ0) is 14.6. The molecule has 0 bridgehead atoms. The first-order chi connectivity index (χ1) is 8.70. The van der Waals surface area contributed by atoms with Crippen molar-refractivity contribution in [3.63, 3.8) is 0 Å². The molecule has 104 valence electrons. The van der Waals surface area contributed by atoms with Gasteiger partial charge in [0.1, 0.15) is 5.15 Å². The number of hydrogen-bond donors (Lipinski definition) is 2. The van der Waals surface area contributed by atoms with E-state index in [-0.39, 0.29) is 10.7 Å². The lowest BCUT2D eigenvalue weighted by molar-refractivity contribution is -0.174. The highest BCUT2D eigenvalue weighted by atomic mass is 35.5. The summed E-state index contributed by atoms with van der Waals surface area (Å²) in [7, 11) is 0. The number of carbonyl (C=O) groups excluding carboxylic acids is 1. The van der Waals surface area contributed by atoms with Crippen molar-refractivity contribution in [2.75, 3.05) is 0 Å². The zero-order valence-electron chi connectivity index (χ0n) is 9.24. The van der Waals surface area contributed by atoms with Crippen molar-refractivity contribution in [2.45, 2.75) is 18.6 Å². The van der Waals surface area contributed by atoms with E-state index in [9.17, 15) is 22.8 Å². The fourth-order valence-electron chi connectivity index (χ4n) is 1.30. The van der Waals surface area contributed by atoms with E-state index in [1.54, 1.807) is 5.32 Å². The van der Waals surface area contributed by atoms with Crippen molar-refractivity contribution in [2.24, 2.45) is 0 Å². The molecule has 0 radical (unpaired) electrons. The molecule has 0 spiro atoms. The van der Waals surface area contributed by atoms with Gasteiger partial charge in [-0.3, -0.25) is 9.59 Å². The Hall–Kier alpha value is -1.83. The lowest BCUT2D eigenvalue weighted by Gasteiger charge is -2.18.